The highest BCUT2D eigenvalue weighted by atomic mass is 35.5. The average Bonchev–Trinajstić information content (AvgIpc) is 2.35. The van der Waals surface area contributed by atoms with E-state index in [0.29, 0.717) is 15.9 Å². The van der Waals surface area contributed by atoms with Gasteiger partial charge < -0.3 is 0 Å². The van der Waals surface area contributed by atoms with Crippen LogP contribution >= 0.6 is 23.2 Å². The molecule has 1 aromatic heterocycles. The Morgan fingerprint density at radius 1 is 1.00 bits per heavy atom. The minimum absolute atomic E-state index is 0.307. The highest BCUT2D eigenvalue weighted by Gasteiger charge is 2.15. The van der Waals surface area contributed by atoms with E-state index in [9.17, 15) is 5.26 Å². The fraction of sp³-hybridized carbons (Fsp3) is 0.0833. The molecule has 1 heterocycles. The van der Waals surface area contributed by atoms with Crippen LogP contribution in [-0.2, 0) is 0 Å². The zero-order valence-electron chi connectivity index (χ0n) is 8.64. The van der Waals surface area contributed by atoms with Gasteiger partial charge in [-0.25, -0.2) is 0 Å². The quantitative estimate of drug-likeness (QED) is 0.834. The molecule has 3 nitrogen and oxygen atoms in total. The van der Waals surface area contributed by atoms with Crippen LogP contribution < -0.4 is 0 Å². The van der Waals surface area contributed by atoms with Crippen molar-refractivity contribution < 1.29 is 0 Å². The molecule has 84 valence electrons. The summed E-state index contributed by atoms with van der Waals surface area (Å²) in [5, 5.41) is 17.8. The van der Waals surface area contributed by atoms with Gasteiger partial charge in [0.15, 0.2) is 5.15 Å². The lowest BCUT2D eigenvalue weighted by molar-refractivity contribution is 0.885. The van der Waals surface area contributed by atoms with Gasteiger partial charge in [-0.2, -0.15) is 10.4 Å². The standard InChI is InChI=1S/C12H7Cl2N3/c13-9-3-1-8(2-4-9)10(7-15)11-5-6-12(14)17-16-11/h1-6,10H/t10-/m0/s1. The third-order valence-electron chi connectivity index (χ3n) is 2.28. The summed E-state index contributed by atoms with van der Waals surface area (Å²) >= 11 is 11.5. The molecule has 2 aromatic rings. The largest absolute Gasteiger partial charge is 0.197 e. The van der Waals surface area contributed by atoms with Gasteiger partial charge >= 0.3 is 0 Å². The number of nitriles is 1. The van der Waals surface area contributed by atoms with Crippen LogP contribution in [0.3, 0.4) is 0 Å². The molecule has 0 bridgehead atoms. The zero-order valence-corrected chi connectivity index (χ0v) is 10.2. The van der Waals surface area contributed by atoms with Crippen LogP contribution in [0.5, 0.6) is 0 Å². The Balaban J connectivity index is 2.37. The fourth-order valence-electron chi connectivity index (χ4n) is 1.45. The lowest BCUT2D eigenvalue weighted by atomic mass is 9.97. The first-order valence-corrected chi connectivity index (χ1v) is 5.60. The van der Waals surface area contributed by atoms with Crippen LogP contribution in [0.1, 0.15) is 17.2 Å². The molecule has 0 unspecified atom stereocenters. The molecule has 0 aliphatic rings. The van der Waals surface area contributed by atoms with E-state index in [1.807, 2.05) is 0 Å². The summed E-state index contributed by atoms with van der Waals surface area (Å²) in [5.74, 6) is -0.461. The summed E-state index contributed by atoms with van der Waals surface area (Å²) in [6.45, 7) is 0. The SMILES string of the molecule is N#C[C@@H](c1ccc(Cl)cc1)c1ccc(Cl)nn1. The van der Waals surface area contributed by atoms with E-state index in [-0.39, 0.29) is 0 Å². The molecule has 0 aliphatic heterocycles. The summed E-state index contributed by atoms with van der Waals surface area (Å²) in [6, 6.07) is 12.6. The van der Waals surface area contributed by atoms with Gasteiger partial charge in [-0.15, -0.1) is 5.10 Å². The van der Waals surface area contributed by atoms with Crippen molar-refractivity contribution >= 4 is 23.2 Å². The average molecular weight is 264 g/mol. The highest BCUT2D eigenvalue weighted by Crippen LogP contribution is 2.23. The van der Waals surface area contributed by atoms with Crippen LogP contribution in [0.15, 0.2) is 36.4 Å². The number of hydrogen-bond acceptors (Lipinski definition) is 3. The first-order chi connectivity index (χ1) is 8.20. The third kappa shape index (κ3) is 2.73. The van der Waals surface area contributed by atoms with Crippen molar-refractivity contribution in [3.8, 4) is 6.07 Å². The molecular weight excluding hydrogens is 257 g/mol. The molecule has 2 rings (SSSR count). The first kappa shape index (κ1) is 11.8. The molecule has 0 radical (unpaired) electrons. The molecule has 0 amide bonds. The number of hydrogen-bond donors (Lipinski definition) is 0. The molecule has 1 aromatic carbocycles. The van der Waals surface area contributed by atoms with Crippen molar-refractivity contribution in [2.45, 2.75) is 5.92 Å². The van der Waals surface area contributed by atoms with Gasteiger partial charge in [0.1, 0.15) is 5.92 Å². The van der Waals surface area contributed by atoms with Gasteiger partial charge in [-0.05, 0) is 29.8 Å². The maximum atomic E-state index is 9.19. The number of halogens is 2. The Morgan fingerprint density at radius 2 is 1.71 bits per heavy atom. The van der Waals surface area contributed by atoms with E-state index in [1.54, 1.807) is 36.4 Å². The number of benzene rings is 1. The topological polar surface area (TPSA) is 49.6 Å². The predicted molar refractivity (Wildman–Crippen MR) is 66.0 cm³/mol. The molecule has 0 aliphatic carbocycles. The van der Waals surface area contributed by atoms with Crippen LogP contribution in [0.4, 0.5) is 0 Å². The molecule has 0 N–H and O–H groups in total. The maximum Gasteiger partial charge on any atom is 0.151 e. The lowest BCUT2D eigenvalue weighted by Crippen LogP contribution is -2.02. The second-order valence-electron chi connectivity index (χ2n) is 3.39. The molecule has 0 saturated carbocycles. The smallest absolute Gasteiger partial charge is 0.151 e. The molecule has 1 atom stereocenters. The second kappa shape index (κ2) is 5.13. The van der Waals surface area contributed by atoms with E-state index in [4.69, 9.17) is 23.2 Å². The van der Waals surface area contributed by atoms with Crippen LogP contribution in [-0.4, -0.2) is 10.2 Å². The zero-order chi connectivity index (χ0) is 12.3. The summed E-state index contributed by atoms with van der Waals surface area (Å²) in [5.41, 5.74) is 1.40. The normalized spacial score (nSPS) is 11.8. The predicted octanol–water partition coefficient (Wildman–Crippen LogP) is 3.44. The van der Waals surface area contributed by atoms with E-state index in [2.05, 4.69) is 16.3 Å². The molecule has 0 saturated heterocycles. The third-order valence-corrected chi connectivity index (χ3v) is 2.73. The van der Waals surface area contributed by atoms with Gasteiger partial charge in [0, 0.05) is 5.02 Å². The Bertz CT molecular complexity index is 498. The monoisotopic (exact) mass is 263 g/mol. The van der Waals surface area contributed by atoms with E-state index < -0.39 is 5.92 Å². The van der Waals surface area contributed by atoms with Gasteiger partial charge in [-0.1, -0.05) is 35.3 Å². The molecule has 0 fully saturated rings. The van der Waals surface area contributed by atoms with Crippen molar-refractivity contribution in [3.05, 3.63) is 57.8 Å². The van der Waals surface area contributed by atoms with Crippen molar-refractivity contribution in [3.63, 3.8) is 0 Å². The van der Waals surface area contributed by atoms with E-state index >= 15 is 0 Å². The van der Waals surface area contributed by atoms with Crippen molar-refractivity contribution in [1.82, 2.24) is 10.2 Å². The van der Waals surface area contributed by atoms with Crippen molar-refractivity contribution in [1.29, 1.82) is 5.26 Å². The highest BCUT2D eigenvalue weighted by molar-refractivity contribution is 6.30. The number of rotatable bonds is 2. The Kier molecular flexibility index (Phi) is 3.58. The first-order valence-electron chi connectivity index (χ1n) is 4.85. The summed E-state index contributed by atoms with van der Waals surface area (Å²) in [6.07, 6.45) is 0. The van der Waals surface area contributed by atoms with Crippen LogP contribution in [0, 0.1) is 11.3 Å². The summed E-state index contributed by atoms with van der Waals surface area (Å²) in [7, 11) is 0. The van der Waals surface area contributed by atoms with Crippen molar-refractivity contribution in [2.24, 2.45) is 0 Å². The molecule has 0 spiro atoms. The van der Waals surface area contributed by atoms with E-state index in [0.717, 1.165) is 5.56 Å². The number of nitrogens with zero attached hydrogens (tertiary/aromatic N) is 3. The van der Waals surface area contributed by atoms with E-state index in [1.165, 1.54) is 0 Å². The molecule has 5 heteroatoms. The maximum absolute atomic E-state index is 9.19. The van der Waals surface area contributed by atoms with Gasteiger partial charge in [0.2, 0.25) is 0 Å². The minimum atomic E-state index is -0.461. The van der Waals surface area contributed by atoms with Gasteiger partial charge in [-0.3, -0.25) is 0 Å². The second-order valence-corrected chi connectivity index (χ2v) is 4.22. The minimum Gasteiger partial charge on any atom is -0.197 e. The molecular formula is C12H7Cl2N3. The Hall–Kier alpha value is -1.63. The van der Waals surface area contributed by atoms with Crippen molar-refractivity contribution in [2.75, 3.05) is 0 Å². The molecule has 17 heavy (non-hydrogen) atoms. The Morgan fingerprint density at radius 3 is 2.24 bits per heavy atom. The van der Waals surface area contributed by atoms with Crippen LogP contribution in [0.25, 0.3) is 0 Å². The fourth-order valence-corrected chi connectivity index (χ4v) is 1.67. The number of aromatic nitrogens is 2. The summed E-state index contributed by atoms with van der Waals surface area (Å²) in [4.78, 5) is 0. The Labute approximate surface area is 109 Å². The van der Waals surface area contributed by atoms with Gasteiger partial charge in [0.25, 0.3) is 0 Å². The lowest BCUT2D eigenvalue weighted by Gasteiger charge is -2.08. The van der Waals surface area contributed by atoms with Crippen LogP contribution in [0.2, 0.25) is 10.2 Å². The van der Waals surface area contributed by atoms with Gasteiger partial charge in [0.05, 0.1) is 11.8 Å². The summed E-state index contributed by atoms with van der Waals surface area (Å²) < 4.78 is 0.